The molecule has 39 heavy (non-hydrogen) atoms. The fourth-order valence-electron chi connectivity index (χ4n) is 4.68. The number of anilines is 1. The Morgan fingerprint density at radius 1 is 0.974 bits per heavy atom. The summed E-state index contributed by atoms with van der Waals surface area (Å²) in [6, 6.07) is 14.2. The Balaban J connectivity index is 1.37. The Bertz CT molecular complexity index is 1850. The second-order valence-corrected chi connectivity index (χ2v) is 10.7. The van der Waals surface area contributed by atoms with Crippen LogP contribution in [0.2, 0.25) is 0 Å². The number of nitrogens with zero attached hydrogens (tertiary/aromatic N) is 4. The summed E-state index contributed by atoms with van der Waals surface area (Å²) < 4.78 is 14.6. The number of carbonyl (C=O) groups excluding carboxylic acids is 1. The second kappa shape index (κ2) is 9.43. The maximum atomic E-state index is 14.6. The van der Waals surface area contributed by atoms with Crippen molar-refractivity contribution in [3.8, 4) is 33.8 Å². The first-order valence-electron chi connectivity index (χ1n) is 12.6. The highest BCUT2D eigenvalue weighted by molar-refractivity contribution is 6.00. The lowest BCUT2D eigenvalue weighted by atomic mass is 9.92. The number of hydrogen-bond donors (Lipinski definition) is 3. The van der Waals surface area contributed by atoms with E-state index < -0.39 is 0 Å². The molecule has 1 aromatic carbocycles. The van der Waals surface area contributed by atoms with Crippen LogP contribution >= 0.6 is 0 Å². The maximum absolute atomic E-state index is 14.6. The van der Waals surface area contributed by atoms with E-state index >= 15 is 0 Å². The number of pyridine rings is 3. The molecule has 0 saturated carbocycles. The number of H-pyrrole nitrogens is 2. The molecule has 5 aromatic heterocycles. The Morgan fingerprint density at radius 2 is 1.82 bits per heavy atom. The summed E-state index contributed by atoms with van der Waals surface area (Å²) in [4.78, 5) is 29.1. The first-order chi connectivity index (χ1) is 18.7. The highest BCUT2D eigenvalue weighted by Gasteiger charge is 2.18. The first-order valence-corrected chi connectivity index (χ1v) is 12.6. The molecule has 1 amide bonds. The monoisotopic (exact) mass is 519 g/mol. The van der Waals surface area contributed by atoms with Crippen molar-refractivity contribution in [3.05, 3.63) is 79.1 Å². The van der Waals surface area contributed by atoms with Gasteiger partial charge >= 0.3 is 0 Å². The van der Waals surface area contributed by atoms with Gasteiger partial charge in [0.15, 0.2) is 0 Å². The molecule has 0 aliphatic carbocycles. The molecule has 0 atom stereocenters. The first kappa shape index (κ1) is 24.4. The lowest BCUT2D eigenvalue weighted by molar-refractivity contribution is -0.117. The minimum absolute atomic E-state index is 0.0656. The molecule has 0 radical (unpaired) electrons. The summed E-state index contributed by atoms with van der Waals surface area (Å²) in [5, 5.41) is 12.1. The molecule has 6 rings (SSSR count). The van der Waals surface area contributed by atoms with Crippen LogP contribution in [0.4, 0.5) is 10.1 Å². The molecule has 0 aliphatic heterocycles. The smallest absolute Gasteiger partial charge is 0.224 e. The maximum Gasteiger partial charge on any atom is 0.224 e. The minimum atomic E-state index is -0.292. The third-order valence-electron chi connectivity index (χ3n) is 6.41. The van der Waals surface area contributed by atoms with Gasteiger partial charge in [-0.1, -0.05) is 39.0 Å². The highest BCUT2D eigenvalue weighted by atomic mass is 19.1. The van der Waals surface area contributed by atoms with Gasteiger partial charge in [0.25, 0.3) is 0 Å². The van der Waals surface area contributed by atoms with Crippen molar-refractivity contribution in [3.63, 3.8) is 0 Å². The van der Waals surface area contributed by atoms with Gasteiger partial charge in [-0.2, -0.15) is 5.10 Å². The highest BCUT2D eigenvalue weighted by Crippen LogP contribution is 2.35. The van der Waals surface area contributed by atoms with Gasteiger partial charge in [0.2, 0.25) is 5.91 Å². The Kier molecular flexibility index (Phi) is 5.91. The summed E-state index contributed by atoms with van der Waals surface area (Å²) in [6.45, 7) is 6.06. The summed E-state index contributed by atoms with van der Waals surface area (Å²) >= 11 is 0. The van der Waals surface area contributed by atoms with E-state index in [2.05, 4.69) is 35.5 Å². The van der Waals surface area contributed by atoms with Gasteiger partial charge in [-0.05, 0) is 41.3 Å². The normalized spacial score (nSPS) is 11.8. The number of amides is 1. The molecule has 6 aromatic rings. The summed E-state index contributed by atoms with van der Waals surface area (Å²) in [6.07, 6.45) is 7.11. The van der Waals surface area contributed by atoms with E-state index in [0.717, 1.165) is 33.1 Å². The van der Waals surface area contributed by atoms with Crippen LogP contribution in [0.25, 0.3) is 55.7 Å². The second-order valence-electron chi connectivity index (χ2n) is 10.7. The fraction of sp³-hybridized carbons (Fsp3) is 0.167. The zero-order valence-corrected chi connectivity index (χ0v) is 21.7. The van der Waals surface area contributed by atoms with E-state index in [9.17, 15) is 9.18 Å². The largest absolute Gasteiger partial charge is 0.338 e. The molecule has 9 heteroatoms. The van der Waals surface area contributed by atoms with Crippen molar-refractivity contribution >= 4 is 33.5 Å². The number of nitrogens with one attached hydrogen (secondary N) is 3. The van der Waals surface area contributed by atoms with Gasteiger partial charge in [-0.25, -0.2) is 9.37 Å². The predicted octanol–water partition coefficient (Wildman–Crippen LogP) is 6.74. The van der Waals surface area contributed by atoms with Gasteiger partial charge in [-0.3, -0.25) is 19.9 Å². The zero-order valence-electron chi connectivity index (χ0n) is 21.7. The Morgan fingerprint density at radius 3 is 2.64 bits per heavy atom. The summed E-state index contributed by atoms with van der Waals surface area (Å²) in [5.74, 6) is -0.358. The molecule has 5 heterocycles. The number of carbonyl (C=O) groups is 1. The average molecular weight is 520 g/mol. The van der Waals surface area contributed by atoms with Crippen LogP contribution in [0.1, 0.15) is 27.2 Å². The minimum Gasteiger partial charge on any atom is -0.338 e. The van der Waals surface area contributed by atoms with E-state index in [4.69, 9.17) is 0 Å². The van der Waals surface area contributed by atoms with Gasteiger partial charge in [0, 0.05) is 40.7 Å². The molecule has 8 nitrogen and oxygen atoms in total. The molecule has 3 N–H and O–H groups in total. The lowest BCUT2D eigenvalue weighted by Gasteiger charge is -2.17. The molecule has 0 bridgehead atoms. The quantitative estimate of drug-likeness (QED) is 0.233. The SMILES string of the molecule is CC(C)(C)CC(=O)Nc1cncc(-c2cc3c(-c4cc5c(-c6ccccc6F)ccnc5[nH]4)n[nH]c3cn2)c1. The molecule has 0 saturated heterocycles. The number of hydrogen-bond acceptors (Lipinski definition) is 5. The molecule has 0 spiro atoms. The van der Waals surface area contributed by atoms with Crippen molar-refractivity contribution in [1.29, 1.82) is 0 Å². The molecule has 0 fully saturated rings. The summed E-state index contributed by atoms with van der Waals surface area (Å²) in [7, 11) is 0. The average Bonchev–Trinajstić information content (AvgIpc) is 3.51. The number of halogens is 1. The van der Waals surface area contributed by atoms with Crippen molar-refractivity contribution in [2.75, 3.05) is 5.32 Å². The predicted molar refractivity (Wildman–Crippen MR) is 150 cm³/mol. The third-order valence-corrected chi connectivity index (χ3v) is 6.41. The van der Waals surface area contributed by atoms with Crippen molar-refractivity contribution in [2.45, 2.75) is 27.2 Å². The Labute approximate surface area is 223 Å². The van der Waals surface area contributed by atoms with Crippen molar-refractivity contribution in [1.82, 2.24) is 30.1 Å². The number of rotatable bonds is 5. The van der Waals surface area contributed by atoms with Crippen LogP contribution in [0, 0.1) is 11.2 Å². The van der Waals surface area contributed by atoms with E-state index in [1.54, 1.807) is 36.9 Å². The number of benzene rings is 1. The molecular formula is C30H26FN7O. The van der Waals surface area contributed by atoms with Crippen LogP contribution in [0.15, 0.2) is 73.3 Å². The summed E-state index contributed by atoms with van der Waals surface area (Å²) in [5.41, 5.74) is 6.03. The van der Waals surface area contributed by atoms with Crippen LogP contribution < -0.4 is 5.32 Å². The van der Waals surface area contributed by atoms with E-state index in [0.29, 0.717) is 34.7 Å². The molecule has 0 aliphatic rings. The van der Waals surface area contributed by atoms with Crippen LogP contribution in [-0.4, -0.2) is 36.0 Å². The number of fused-ring (bicyclic) bond motifs is 2. The van der Waals surface area contributed by atoms with E-state index in [-0.39, 0.29) is 17.1 Å². The van der Waals surface area contributed by atoms with Gasteiger partial charge in [0.1, 0.15) is 17.2 Å². The van der Waals surface area contributed by atoms with Crippen LogP contribution in [0.3, 0.4) is 0 Å². The van der Waals surface area contributed by atoms with Crippen molar-refractivity contribution < 1.29 is 9.18 Å². The van der Waals surface area contributed by atoms with Gasteiger partial charge in [-0.15, -0.1) is 0 Å². The van der Waals surface area contributed by atoms with Crippen molar-refractivity contribution in [2.24, 2.45) is 5.41 Å². The van der Waals surface area contributed by atoms with E-state index in [1.807, 2.05) is 51.1 Å². The Hall–Kier alpha value is -4.92. The molecule has 194 valence electrons. The zero-order chi connectivity index (χ0) is 27.1. The topological polar surface area (TPSA) is 112 Å². The van der Waals surface area contributed by atoms with Crippen LogP contribution in [0.5, 0.6) is 0 Å². The molecular weight excluding hydrogens is 493 g/mol. The van der Waals surface area contributed by atoms with Crippen LogP contribution in [-0.2, 0) is 4.79 Å². The third kappa shape index (κ3) is 4.86. The number of aromatic amines is 2. The number of aromatic nitrogens is 6. The van der Waals surface area contributed by atoms with E-state index in [1.165, 1.54) is 6.07 Å². The fourth-order valence-corrected chi connectivity index (χ4v) is 4.68. The van der Waals surface area contributed by atoms with Gasteiger partial charge in [0.05, 0.1) is 35.0 Å². The lowest BCUT2D eigenvalue weighted by Crippen LogP contribution is -2.19. The van der Waals surface area contributed by atoms with Gasteiger partial charge < -0.3 is 10.3 Å². The molecule has 0 unspecified atom stereocenters. The standard InChI is InChI=1S/C30H26FN7O/c1-30(2,3)13-27(39)35-18-10-17(14-32-15-18)24-12-22-26(16-34-24)37-38-28(22)25-11-21-19(8-9-33-29(21)36-25)20-6-4-5-7-23(20)31/h4-12,14-16H,13H2,1-3H3,(H,33,36)(H,35,39)(H,37,38).